The van der Waals surface area contributed by atoms with Crippen LogP contribution in [-0.4, -0.2) is 30.0 Å². The van der Waals surface area contributed by atoms with E-state index >= 15 is 0 Å². The van der Waals surface area contributed by atoms with Crippen LogP contribution in [0.4, 0.5) is 0 Å². The minimum Gasteiger partial charge on any atom is -0.504 e. The summed E-state index contributed by atoms with van der Waals surface area (Å²) in [5, 5.41) is 19.5. The standard InChI is InChI=1S/C19H18O6/c1-22-15-8-12(4-5-13(15)21)19-18(10-20)24-16-7-11-3-2-6-23-14(11)9-17(16)25-19/h2,4-9,18-21H,3,10H2,1H3/t18-,19+/m0/s1. The number of aliphatic hydroxyl groups is 1. The Morgan fingerprint density at radius 3 is 2.76 bits per heavy atom. The van der Waals surface area contributed by atoms with Crippen molar-refractivity contribution in [3.63, 3.8) is 0 Å². The molecule has 0 radical (unpaired) electrons. The van der Waals surface area contributed by atoms with Crippen molar-refractivity contribution in [1.82, 2.24) is 0 Å². The predicted octanol–water partition coefficient (Wildman–Crippen LogP) is 2.72. The Labute approximate surface area is 144 Å². The molecule has 2 N–H and O–H groups in total. The molecule has 0 saturated heterocycles. The lowest BCUT2D eigenvalue weighted by molar-refractivity contribution is -0.0126. The van der Waals surface area contributed by atoms with E-state index in [4.69, 9.17) is 18.9 Å². The van der Waals surface area contributed by atoms with E-state index in [-0.39, 0.29) is 12.4 Å². The number of phenols is 1. The van der Waals surface area contributed by atoms with Gasteiger partial charge in [0.2, 0.25) is 0 Å². The monoisotopic (exact) mass is 342 g/mol. The number of aliphatic hydroxyl groups excluding tert-OH is 1. The highest BCUT2D eigenvalue weighted by Gasteiger charge is 2.34. The third-order valence-electron chi connectivity index (χ3n) is 4.34. The zero-order valence-electron chi connectivity index (χ0n) is 13.6. The highest BCUT2D eigenvalue weighted by Crippen LogP contribution is 2.44. The lowest BCUT2D eigenvalue weighted by Crippen LogP contribution is -2.36. The molecule has 0 amide bonds. The smallest absolute Gasteiger partial charge is 0.166 e. The van der Waals surface area contributed by atoms with Crippen LogP contribution in [0.1, 0.15) is 17.2 Å². The van der Waals surface area contributed by atoms with Crippen LogP contribution in [0.25, 0.3) is 0 Å². The number of allylic oxidation sites excluding steroid dienone is 1. The quantitative estimate of drug-likeness (QED) is 0.893. The van der Waals surface area contributed by atoms with Gasteiger partial charge < -0.3 is 29.2 Å². The van der Waals surface area contributed by atoms with Gasteiger partial charge in [0.25, 0.3) is 0 Å². The van der Waals surface area contributed by atoms with Crippen LogP contribution in [0.5, 0.6) is 28.7 Å². The summed E-state index contributed by atoms with van der Waals surface area (Å²) in [5.74, 6) is 2.24. The van der Waals surface area contributed by atoms with Crippen LogP contribution in [0.2, 0.25) is 0 Å². The fraction of sp³-hybridized carbons (Fsp3) is 0.263. The molecule has 2 aromatic carbocycles. The molecule has 2 aromatic rings. The Balaban J connectivity index is 1.71. The van der Waals surface area contributed by atoms with Crippen molar-refractivity contribution in [3.8, 4) is 28.7 Å². The molecular weight excluding hydrogens is 324 g/mol. The molecule has 4 rings (SSSR count). The second kappa shape index (κ2) is 6.22. The van der Waals surface area contributed by atoms with Crippen LogP contribution >= 0.6 is 0 Å². The summed E-state index contributed by atoms with van der Waals surface area (Å²) in [6, 6.07) is 8.60. The predicted molar refractivity (Wildman–Crippen MR) is 89.4 cm³/mol. The van der Waals surface area contributed by atoms with Gasteiger partial charge >= 0.3 is 0 Å². The van der Waals surface area contributed by atoms with E-state index in [1.807, 2.05) is 12.1 Å². The molecule has 0 saturated carbocycles. The first-order chi connectivity index (χ1) is 12.2. The van der Waals surface area contributed by atoms with E-state index in [1.165, 1.54) is 13.2 Å². The Bertz CT molecular complexity index is 829. The SMILES string of the molecule is COc1cc([C@H]2Oc3cc4c(cc3O[C@H]2CO)CC=CO4)ccc1O. The molecule has 0 spiro atoms. The topological polar surface area (TPSA) is 77.4 Å². The summed E-state index contributed by atoms with van der Waals surface area (Å²) in [4.78, 5) is 0. The molecule has 0 bridgehead atoms. The van der Waals surface area contributed by atoms with E-state index in [0.717, 1.165) is 23.3 Å². The molecule has 0 aromatic heterocycles. The van der Waals surface area contributed by atoms with Crippen LogP contribution in [-0.2, 0) is 6.42 Å². The molecule has 25 heavy (non-hydrogen) atoms. The largest absolute Gasteiger partial charge is 0.504 e. The molecule has 0 unspecified atom stereocenters. The average molecular weight is 342 g/mol. The number of methoxy groups -OCH3 is 1. The third kappa shape index (κ3) is 2.74. The van der Waals surface area contributed by atoms with E-state index in [9.17, 15) is 10.2 Å². The summed E-state index contributed by atoms with van der Waals surface area (Å²) >= 11 is 0. The summed E-state index contributed by atoms with van der Waals surface area (Å²) in [7, 11) is 1.48. The molecule has 2 aliphatic heterocycles. The van der Waals surface area contributed by atoms with Crippen molar-refractivity contribution < 1.29 is 29.2 Å². The lowest BCUT2D eigenvalue weighted by atomic mass is 10.0. The Morgan fingerprint density at radius 2 is 1.96 bits per heavy atom. The number of hydrogen-bond acceptors (Lipinski definition) is 6. The van der Waals surface area contributed by atoms with Crippen LogP contribution in [0, 0.1) is 0 Å². The van der Waals surface area contributed by atoms with Gasteiger partial charge in [-0.1, -0.05) is 6.07 Å². The van der Waals surface area contributed by atoms with Gasteiger partial charge in [-0.2, -0.15) is 0 Å². The molecule has 6 nitrogen and oxygen atoms in total. The molecule has 0 aliphatic carbocycles. The van der Waals surface area contributed by atoms with Crippen molar-refractivity contribution >= 4 is 0 Å². The van der Waals surface area contributed by atoms with Gasteiger partial charge in [-0.05, 0) is 30.7 Å². The number of phenolic OH excluding ortho intramolecular Hbond substituents is 1. The first-order valence-electron chi connectivity index (χ1n) is 7.99. The Hall–Kier alpha value is -2.86. The second-order valence-corrected chi connectivity index (χ2v) is 5.91. The molecule has 2 aliphatic rings. The maximum Gasteiger partial charge on any atom is 0.166 e. The second-order valence-electron chi connectivity index (χ2n) is 5.91. The molecule has 0 fully saturated rings. The van der Waals surface area contributed by atoms with Gasteiger partial charge in [0, 0.05) is 17.2 Å². The number of hydrogen-bond donors (Lipinski definition) is 2. The summed E-state index contributed by atoms with van der Waals surface area (Å²) in [6.07, 6.45) is 3.23. The summed E-state index contributed by atoms with van der Waals surface area (Å²) in [5.41, 5.74) is 1.74. The van der Waals surface area contributed by atoms with Gasteiger partial charge in [-0.25, -0.2) is 0 Å². The number of benzene rings is 2. The molecule has 2 heterocycles. The third-order valence-corrected chi connectivity index (χ3v) is 4.34. The maximum atomic E-state index is 9.78. The van der Waals surface area contributed by atoms with Crippen molar-refractivity contribution in [3.05, 3.63) is 53.8 Å². The number of ether oxygens (including phenoxy) is 4. The number of rotatable bonds is 3. The fourth-order valence-electron chi connectivity index (χ4n) is 3.06. The van der Waals surface area contributed by atoms with Gasteiger partial charge in [-0.3, -0.25) is 0 Å². The van der Waals surface area contributed by atoms with Gasteiger partial charge in [0.1, 0.15) is 5.75 Å². The molecular formula is C19H18O6. The maximum absolute atomic E-state index is 9.78. The Kier molecular flexibility index (Phi) is 3.89. The zero-order valence-corrected chi connectivity index (χ0v) is 13.6. The number of fused-ring (bicyclic) bond motifs is 2. The normalized spacial score (nSPS) is 20.6. The van der Waals surface area contributed by atoms with Crippen molar-refractivity contribution in [2.45, 2.75) is 18.6 Å². The zero-order chi connectivity index (χ0) is 17.4. The summed E-state index contributed by atoms with van der Waals surface area (Å²) < 4.78 is 22.7. The first kappa shape index (κ1) is 15.7. The minimum atomic E-state index is -0.570. The van der Waals surface area contributed by atoms with Gasteiger partial charge in [0.15, 0.2) is 35.2 Å². The van der Waals surface area contributed by atoms with Crippen LogP contribution < -0.4 is 18.9 Å². The van der Waals surface area contributed by atoms with Gasteiger partial charge in [0.05, 0.1) is 20.0 Å². The van der Waals surface area contributed by atoms with Crippen LogP contribution in [0.15, 0.2) is 42.7 Å². The number of aromatic hydroxyl groups is 1. The lowest BCUT2D eigenvalue weighted by Gasteiger charge is -2.34. The Morgan fingerprint density at radius 1 is 1.12 bits per heavy atom. The van der Waals surface area contributed by atoms with Crippen molar-refractivity contribution in [1.29, 1.82) is 0 Å². The average Bonchev–Trinajstić information content (AvgIpc) is 2.65. The highest BCUT2D eigenvalue weighted by atomic mass is 16.6. The van der Waals surface area contributed by atoms with E-state index in [0.29, 0.717) is 17.2 Å². The van der Waals surface area contributed by atoms with E-state index < -0.39 is 12.2 Å². The fourth-order valence-corrected chi connectivity index (χ4v) is 3.06. The van der Waals surface area contributed by atoms with Crippen LogP contribution in [0.3, 0.4) is 0 Å². The van der Waals surface area contributed by atoms with E-state index in [2.05, 4.69) is 0 Å². The molecule has 2 atom stereocenters. The van der Waals surface area contributed by atoms with E-state index in [1.54, 1.807) is 24.5 Å². The van der Waals surface area contributed by atoms with Crippen molar-refractivity contribution in [2.75, 3.05) is 13.7 Å². The molecule has 130 valence electrons. The first-order valence-corrected chi connectivity index (χ1v) is 7.99. The molecule has 6 heteroatoms. The summed E-state index contributed by atoms with van der Waals surface area (Å²) in [6.45, 7) is -0.208. The van der Waals surface area contributed by atoms with Gasteiger partial charge in [-0.15, -0.1) is 0 Å². The highest BCUT2D eigenvalue weighted by molar-refractivity contribution is 5.54. The van der Waals surface area contributed by atoms with Crippen molar-refractivity contribution in [2.24, 2.45) is 0 Å². The minimum absolute atomic E-state index is 0.0400.